The van der Waals surface area contributed by atoms with Crippen LogP contribution in [0.3, 0.4) is 0 Å². The van der Waals surface area contributed by atoms with Crippen LogP contribution >= 0.6 is 27.3 Å². The van der Waals surface area contributed by atoms with E-state index in [0.29, 0.717) is 29.7 Å². The lowest BCUT2D eigenvalue weighted by atomic mass is 10.2. The van der Waals surface area contributed by atoms with Crippen LogP contribution in [0.4, 0.5) is 0 Å². The van der Waals surface area contributed by atoms with Crippen LogP contribution in [0.2, 0.25) is 0 Å². The number of hydrogen-bond donors (Lipinski definition) is 0. The molecule has 8 heteroatoms. The minimum Gasteiger partial charge on any atom is -0.337 e. The molecule has 1 saturated heterocycles. The molecule has 0 N–H and O–H groups in total. The maximum atomic E-state index is 12.9. The second-order valence-electron chi connectivity index (χ2n) is 6.44. The molecule has 1 aromatic heterocycles. The molecule has 5 nitrogen and oxygen atoms in total. The minimum atomic E-state index is -3.55. The molecule has 0 bridgehead atoms. The van der Waals surface area contributed by atoms with E-state index in [9.17, 15) is 13.2 Å². The molecule has 1 amide bonds. The lowest BCUT2D eigenvalue weighted by molar-refractivity contribution is 0.0785. The maximum absolute atomic E-state index is 12.9. The van der Waals surface area contributed by atoms with Crippen LogP contribution in [0.1, 0.15) is 33.6 Å². The number of carbonyl (C=O) groups excluding carboxylic acids is 1. The van der Waals surface area contributed by atoms with Crippen molar-refractivity contribution < 1.29 is 13.2 Å². The van der Waals surface area contributed by atoms with Gasteiger partial charge in [-0.1, -0.05) is 0 Å². The van der Waals surface area contributed by atoms with Crippen molar-refractivity contribution in [3.05, 3.63) is 50.1 Å². The lowest BCUT2D eigenvalue weighted by Gasteiger charge is -2.20. The van der Waals surface area contributed by atoms with Crippen molar-refractivity contribution in [1.29, 1.82) is 0 Å². The first kappa shape index (κ1) is 19.5. The van der Waals surface area contributed by atoms with Crippen LogP contribution in [0, 0.1) is 6.92 Å². The van der Waals surface area contributed by atoms with Crippen LogP contribution in [-0.2, 0) is 16.6 Å². The fourth-order valence-corrected chi connectivity index (χ4v) is 5.88. The van der Waals surface area contributed by atoms with Crippen molar-refractivity contribution >= 4 is 43.2 Å². The number of benzene rings is 1. The Bertz CT molecular complexity index is 918. The summed E-state index contributed by atoms with van der Waals surface area (Å²) in [5, 5.41) is 2.00. The number of thiophene rings is 1. The van der Waals surface area contributed by atoms with Gasteiger partial charge in [-0.2, -0.15) is 4.31 Å². The third kappa shape index (κ3) is 3.88. The summed E-state index contributed by atoms with van der Waals surface area (Å²) in [4.78, 5) is 15.8. The van der Waals surface area contributed by atoms with E-state index in [1.165, 1.54) is 10.4 Å². The van der Waals surface area contributed by atoms with Gasteiger partial charge >= 0.3 is 0 Å². The minimum absolute atomic E-state index is 0.173. The third-order valence-corrected chi connectivity index (χ3v) is 8.16. The predicted octanol–water partition coefficient (Wildman–Crippen LogP) is 3.88. The molecule has 1 fully saturated rings. The van der Waals surface area contributed by atoms with Gasteiger partial charge in [0, 0.05) is 29.5 Å². The number of sulfonamides is 1. The largest absolute Gasteiger partial charge is 0.337 e. The highest BCUT2D eigenvalue weighted by Crippen LogP contribution is 2.27. The average Bonchev–Trinajstić information content (AvgIpc) is 3.27. The van der Waals surface area contributed by atoms with Crippen molar-refractivity contribution in [3.8, 4) is 0 Å². The first-order valence-electron chi connectivity index (χ1n) is 8.39. The van der Waals surface area contributed by atoms with Crippen molar-refractivity contribution in [3.63, 3.8) is 0 Å². The Labute approximate surface area is 166 Å². The average molecular weight is 457 g/mol. The zero-order chi connectivity index (χ0) is 18.9. The number of hydrogen-bond acceptors (Lipinski definition) is 4. The van der Waals surface area contributed by atoms with Gasteiger partial charge in [0.2, 0.25) is 10.0 Å². The topological polar surface area (TPSA) is 57.7 Å². The summed E-state index contributed by atoms with van der Waals surface area (Å²) >= 11 is 5.00. The third-order valence-electron chi connectivity index (χ3n) is 4.57. The van der Waals surface area contributed by atoms with E-state index < -0.39 is 10.0 Å². The van der Waals surface area contributed by atoms with Gasteiger partial charge in [-0.25, -0.2) is 8.42 Å². The fraction of sp³-hybridized carbons (Fsp3) is 0.389. The number of nitrogens with zero attached hydrogens (tertiary/aromatic N) is 2. The number of carbonyl (C=O) groups is 1. The van der Waals surface area contributed by atoms with Crippen LogP contribution in [0.15, 0.2) is 39.0 Å². The molecule has 0 saturated carbocycles. The Hall–Kier alpha value is -1.22. The molecule has 1 aliphatic heterocycles. The smallest absolute Gasteiger partial charge is 0.255 e. The monoisotopic (exact) mass is 456 g/mol. The second kappa shape index (κ2) is 7.80. The van der Waals surface area contributed by atoms with E-state index in [1.807, 2.05) is 18.4 Å². The number of aryl methyl sites for hydroxylation is 1. The van der Waals surface area contributed by atoms with E-state index in [4.69, 9.17) is 0 Å². The Kier molecular flexibility index (Phi) is 5.86. The number of rotatable bonds is 5. The molecule has 2 aromatic rings. The van der Waals surface area contributed by atoms with Crippen LogP contribution in [0.5, 0.6) is 0 Å². The van der Waals surface area contributed by atoms with Crippen molar-refractivity contribution in [2.45, 2.75) is 31.2 Å². The van der Waals surface area contributed by atoms with Crippen LogP contribution < -0.4 is 0 Å². The Morgan fingerprint density at radius 2 is 1.96 bits per heavy atom. The van der Waals surface area contributed by atoms with E-state index in [0.717, 1.165) is 23.3 Å². The molecule has 0 atom stereocenters. The van der Waals surface area contributed by atoms with Crippen molar-refractivity contribution in [1.82, 2.24) is 9.21 Å². The highest BCUT2D eigenvalue weighted by molar-refractivity contribution is 9.10. The molecular weight excluding hydrogens is 436 g/mol. The first-order valence-corrected chi connectivity index (χ1v) is 11.5. The highest BCUT2D eigenvalue weighted by atomic mass is 79.9. The first-order chi connectivity index (χ1) is 12.3. The SMILES string of the molecule is Cc1ccsc1CN(C)C(=O)c1cc(S(=O)(=O)N2CCCC2)ccc1Br. The quantitative estimate of drug-likeness (QED) is 0.685. The number of amides is 1. The second-order valence-corrected chi connectivity index (χ2v) is 10.2. The predicted molar refractivity (Wildman–Crippen MR) is 107 cm³/mol. The molecule has 0 spiro atoms. The molecule has 1 aliphatic rings. The molecule has 0 radical (unpaired) electrons. The van der Waals surface area contributed by atoms with Gasteiger partial charge in [0.15, 0.2) is 0 Å². The molecule has 140 valence electrons. The van der Waals surface area contributed by atoms with Crippen molar-refractivity contribution in [2.24, 2.45) is 0 Å². The zero-order valence-electron chi connectivity index (χ0n) is 14.7. The Morgan fingerprint density at radius 3 is 2.58 bits per heavy atom. The maximum Gasteiger partial charge on any atom is 0.255 e. The highest BCUT2D eigenvalue weighted by Gasteiger charge is 2.28. The van der Waals surface area contributed by atoms with Gasteiger partial charge in [0.25, 0.3) is 5.91 Å². The molecule has 0 aliphatic carbocycles. The molecule has 3 rings (SSSR count). The van der Waals surface area contributed by atoms with Gasteiger partial charge < -0.3 is 4.90 Å². The van der Waals surface area contributed by atoms with E-state index in [2.05, 4.69) is 15.9 Å². The fourth-order valence-electron chi connectivity index (χ4n) is 2.97. The van der Waals surface area contributed by atoms with E-state index >= 15 is 0 Å². The molecule has 0 unspecified atom stereocenters. The summed E-state index contributed by atoms with van der Waals surface area (Å²) in [5.74, 6) is -0.205. The van der Waals surface area contributed by atoms with Crippen molar-refractivity contribution in [2.75, 3.05) is 20.1 Å². The molecule has 1 aromatic carbocycles. The molecule has 26 heavy (non-hydrogen) atoms. The van der Waals surface area contributed by atoms with E-state index in [1.54, 1.807) is 35.4 Å². The summed E-state index contributed by atoms with van der Waals surface area (Å²) in [5.41, 5.74) is 1.51. The van der Waals surface area contributed by atoms with Gasteiger partial charge in [-0.3, -0.25) is 4.79 Å². The van der Waals surface area contributed by atoms with Crippen LogP contribution in [0.25, 0.3) is 0 Å². The summed E-state index contributed by atoms with van der Waals surface area (Å²) in [7, 11) is -1.82. The summed E-state index contributed by atoms with van der Waals surface area (Å²) < 4.78 is 27.6. The van der Waals surface area contributed by atoms with Gasteiger partial charge in [0.05, 0.1) is 17.0 Å². The van der Waals surface area contributed by atoms with Gasteiger partial charge in [-0.05, 0) is 70.9 Å². The van der Waals surface area contributed by atoms with Gasteiger partial charge in [-0.15, -0.1) is 11.3 Å². The lowest BCUT2D eigenvalue weighted by Crippen LogP contribution is -2.29. The van der Waals surface area contributed by atoms with Crippen LogP contribution in [-0.4, -0.2) is 43.7 Å². The Morgan fingerprint density at radius 1 is 1.27 bits per heavy atom. The number of halogens is 1. The zero-order valence-corrected chi connectivity index (χ0v) is 18.0. The standard InChI is InChI=1S/C18H21BrN2O3S2/c1-13-7-10-25-17(13)12-20(2)18(22)15-11-14(5-6-16(15)19)26(23,24)21-8-3-4-9-21/h5-7,10-11H,3-4,8-9,12H2,1-2H3. The summed E-state index contributed by atoms with van der Waals surface area (Å²) in [6, 6.07) is 6.70. The summed E-state index contributed by atoms with van der Waals surface area (Å²) in [6.07, 6.45) is 1.76. The van der Waals surface area contributed by atoms with Gasteiger partial charge in [0.1, 0.15) is 0 Å². The normalized spacial score (nSPS) is 15.3. The Balaban J connectivity index is 1.87. The van der Waals surface area contributed by atoms with E-state index in [-0.39, 0.29) is 10.8 Å². The molecular formula is C18H21BrN2O3S2. The summed E-state index contributed by atoms with van der Waals surface area (Å²) in [6.45, 7) is 3.60. The molecule has 2 heterocycles.